The molecule has 0 unspecified atom stereocenters. The van der Waals surface area contributed by atoms with E-state index in [-0.39, 0.29) is 5.91 Å². The largest absolute Gasteiger partial charge is 0.357 e. The maximum atomic E-state index is 12.0. The van der Waals surface area contributed by atoms with Gasteiger partial charge < -0.3 is 15.5 Å². The third-order valence-electron chi connectivity index (χ3n) is 4.70. The van der Waals surface area contributed by atoms with Crippen LogP contribution < -0.4 is 10.6 Å². The summed E-state index contributed by atoms with van der Waals surface area (Å²) in [6.07, 6.45) is 0. The van der Waals surface area contributed by atoms with Crippen LogP contribution in [0.1, 0.15) is 28.4 Å². The van der Waals surface area contributed by atoms with Crippen molar-refractivity contribution in [2.45, 2.75) is 20.0 Å². The van der Waals surface area contributed by atoms with Gasteiger partial charge >= 0.3 is 0 Å². The molecule has 1 amide bonds. The van der Waals surface area contributed by atoms with E-state index in [9.17, 15) is 4.79 Å². The summed E-state index contributed by atoms with van der Waals surface area (Å²) in [5, 5.41) is 9.20. The van der Waals surface area contributed by atoms with Gasteiger partial charge in [-0.2, -0.15) is 0 Å². The van der Waals surface area contributed by atoms with Gasteiger partial charge in [0.2, 0.25) is 0 Å². The SMILES string of the molecule is CCNC(=NCc1ccc(C(=O)N(C)C)cc1)NCc1cccc2ccccc12. The second kappa shape index (κ2) is 9.73. The Morgan fingerprint density at radius 3 is 2.38 bits per heavy atom. The minimum atomic E-state index is 0.00476. The van der Waals surface area contributed by atoms with Gasteiger partial charge in [0.25, 0.3) is 5.91 Å². The molecule has 0 radical (unpaired) electrons. The summed E-state index contributed by atoms with van der Waals surface area (Å²) in [6, 6.07) is 22.4. The van der Waals surface area contributed by atoms with Gasteiger partial charge in [-0.25, -0.2) is 4.99 Å². The molecule has 0 bridgehead atoms. The zero-order chi connectivity index (χ0) is 20.6. The van der Waals surface area contributed by atoms with E-state index in [0.717, 1.165) is 18.1 Å². The van der Waals surface area contributed by atoms with Crippen molar-refractivity contribution in [3.8, 4) is 0 Å². The van der Waals surface area contributed by atoms with Gasteiger partial charge in [0.05, 0.1) is 6.54 Å². The maximum absolute atomic E-state index is 12.0. The summed E-state index contributed by atoms with van der Waals surface area (Å²) in [7, 11) is 3.51. The molecule has 0 aromatic heterocycles. The van der Waals surface area contributed by atoms with Crippen molar-refractivity contribution in [2.24, 2.45) is 4.99 Å². The summed E-state index contributed by atoms with van der Waals surface area (Å²) in [4.78, 5) is 18.3. The maximum Gasteiger partial charge on any atom is 0.253 e. The fourth-order valence-electron chi connectivity index (χ4n) is 3.15. The van der Waals surface area contributed by atoms with E-state index in [2.05, 4.69) is 65.0 Å². The van der Waals surface area contributed by atoms with E-state index < -0.39 is 0 Å². The molecule has 5 nitrogen and oxygen atoms in total. The molecule has 3 aromatic carbocycles. The molecular weight excluding hydrogens is 360 g/mol. The highest BCUT2D eigenvalue weighted by atomic mass is 16.2. The molecule has 0 atom stereocenters. The Balaban J connectivity index is 1.67. The standard InChI is InChI=1S/C24H28N4O/c1-4-25-24(26-16-18-12-14-20(15-13-18)23(29)28(2)3)27-17-21-10-7-9-19-8-5-6-11-22(19)21/h5-15H,4,16-17H2,1-3H3,(H2,25,26,27). The summed E-state index contributed by atoms with van der Waals surface area (Å²) >= 11 is 0. The number of carbonyl (C=O) groups excluding carboxylic acids is 1. The summed E-state index contributed by atoms with van der Waals surface area (Å²) < 4.78 is 0. The van der Waals surface area contributed by atoms with E-state index in [1.807, 2.05) is 24.3 Å². The molecule has 2 N–H and O–H groups in total. The van der Waals surface area contributed by atoms with Gasteiger partial charge in [0.1, 0.15) is 0 Å². The number of nitrogens with zero attached hydrogens (tertiary/aromatic N) is 2. The lowest BCUT2D eigenvalue weighted by molar-refractivity contribution is 0.0827. The Labute approximate surface area is 172 Å². The van der Waals surface area contributed by atoms with E-state index in [0.29, 0.717) is 18.7 Å². The molecule has 0 aliphatic heterocycles. The number of guanidine groups is 1. The highest BCUT2D eigenvalue weighted by Gasteiger charge is 2.07. The van der Waals surface area contributed by atoms with E-state index in [1.165, 1.54) is 16.3 Å². The van der Waals surface area contributed by atoms with Gasteiger partial charge in [-0.15, -0.1) is 0 Å². The predicted octanol–water partition coefficient (Wildman–Crippen LogP) is 3.80. The second-order valence-electron chi connectivity index (χ2n) is 7.08. The smallest absolute Gasteiger partial charge is 0.253 e. The Bertz CT molecular complexity index is 988. The fraction of sp³-hybridized carbons (Fsp3) is 0.250. The Kier molecular flexibility index (Phi) is 6.85. The first-order valence-electron chi connectivity index (χ1n) is 9.88. The van der Waals surface area contributed by atoms with E-state index >= 15 is 0 Å². The number of hydrogen-bond acceptors (Lipinski definition) is 2. The number of hydrogen-bond donors (Lipinski definition) is 2. The first kappa shape index (κ1) is 20.4. The monoisotopic (exact) mass is 388 g/mol. The minimum absolute atomic E-state index is 0.00476. The van der Waals surface area contributed by atoms with Crippen LogP contribution in [0.4, 0.5) is 0 Å². The van der Waals surface area contributed by atoms with Crippen LogP contribution in [0.2, 0.25) is 0 Å². The van der Waals surface area contributed by atoms with Gasteiger partial charge in [-0.1, -0.05) is 54.6 Å². The molecule has 150 valence electrons. The summed E-state index contributed by atoms with van der Waals surface area (Å²) in [6.45, 7) is 4.08. The highest BCUT2D eigenvalue weighted by Crippen LogP contribution is 2.18. The zero-order valence-corrected chi connectivity index (χ0v) is 17.3. The van der Waals surface area contributed by atoms with Crippen molar-refractivity contribution < 1.29 is 4.79 Å². The van der Waals surface area contributed by atoms with Crippen LogP contribution in [0.25, 0.3) is 10.8 Å². The van der Waals surface area contributed by atoms with Gasteiger partial charge in [0.15, 0.2) is 5.96 Å². The molecular formula is C24H28N4O. The molecule has 0 saturated heterocycles. The molecule has 3 rings (SSSR count). The molecule has 0 aliphatic carbocycles. The number of fused-ring (bicyclic) bond motifs is 1. The first-order chi connectivity index (χ1) is 14.1. The van der Waals surface area contributed by atoms with Crippen molar-refractivity contribution in [1.82, 2.24) is 15.5 Å². The van der Waals surface area contributed by atoms with Gasteiger partial charge in [-0.3, -0.25) is 4.79 Å². The average molecular weight is 389 g/mol. The summed E-state index contributed by atoms with van der Waals surface area (Å²) in [5.74, 6) is 0.777. The molecule has 0 heterocycles. The third-order valence-corrected chi connectivity index (χ3v) is 4.70. The van der Waals surface area contributed by atoms with Crippen LogP contribution in [0.5, 0.6) is 0 Å². The third kappa shape index (κ3) is 5.35. The highest BCUT2D eigenvalue weighted by molar-refractivity contribution is 5.93. The number of nitrogens with one attached hydrogen (secondary N) is 2. The lowest BCUT2D eigenvalue weighted by Crippen LogP contribution is -2.36. The Morgan fingerprint density at radius 1 is 0.931 bits per heavy atom. The second-order valence-corrected chi connectivity index (χ2v) is 7.08. The lowest BCUT2D eigenvalue weighted by Gasteiger charge is -2.13. The first-order valence-corrected chi connectivity index (χ1v) is 9.88. The van der Waals surface area contributed by atoms with Crippen LogP contribution in [-0.4, -0.2) is 37.4 Å². The van der Waals surface area contributed by atoms with Gasteiger partial charge in [0, 0.05) is 32.7 Å². The van der Waals surface area contributed by atoms with Crippen molar-refractivity contribution in [2.75, 3.05) is 20.6 Å². The minimum Gasteiger partial charge on any atom is -0.357 e. The molecule has 0 saturated carbocycles. The fourth-order valence-corrected chi connectivity index (χ4v) is 3.15. The predicted molar refractivity (Wildman–Crippen MR) is 120 cm³/mol. The van der Waals surface area contributed by atoms with Crippen molar-refractivity contribution in [1.29, 1.82) is 0 Å². The molecule has 29 heavy (non-hydrogen) atoms. The molecule has 5 heteroatoms. The average Bonchev–Trinajstić information content (AvgIpc) is 2.75. The van der Waals surface area contributed by atoms with Crippen LogP contribution in [0, 0.1) is 0 Å². The number of aliphatic imine (C=N–C) groups is 1. The number of amides is 1. The van der Waals surface area contributed by atoms with Crippen molar-refractivity contribution in [3.63, 3.8) is 0 Å². The van der Waals surface area contributed by atoms with Crippen molar-refractivity contribution in [3.05, 3.63) is 83.4 Å². The lowest BCUT2D eigenvalue weighted by atomic mass is 10.0. The van der Waals surface area contributed by atoms with E-state index in [1.54, 1.807) is 19.0 Å². The Morgan fingerprint density at radius 2 is 1.66 bits per heavy atom. The van der Waals surface area contributed by atoms with Crippen LogP contribution in [0.15, 0.2) is 71.7 Å². The van der Waals surface area contributed by atoms with Gasteiger partial charge in [-0.05, 0) is 41.0 Å². The molecule has 0 spiro atoms. The molecule has 0 aliphatic rings. The molecule has 0 fully saturated rings. The molecule has 3 aromatic rings. The van der Waals surface area contributed by atoms with Crippen LogP contribution >= 0.6 is 0 Å². The summed E-state index contributed by atoms with van der Waals surface area (Å²) in [5.41, 5.74) is 2.98. The number of benzene rings is 3. The zero-order valence-electron chi connectivity index (χ0n) is 17.3. The van der Waals surface area contributed by atoms with Crippen LogP contribution in [0.3, 0.4) is 0 Å². The number of rotatable bonds is 6. The quantitative estimate of drug-likeness (QED) is 0.499. The van der Waals surface area contributed by atoms with E-state index in [4.69, 9.17) is 0 Å². The topological polar surface area (TPSA) is 56.7 Å². The normalized spacial score (nSPS) is 11.3. The number of carbonyl (C=O) groups is 1. The van der Waals surface area contributed by atoms with Crippen molar-refractivity contribution >= 4 is 22.6 Å². The van der Waals surface area contributed by atoms with Crippen LogP contribution in [-0.2, 0) is 13.1 Å². The Hall–Kier alpha value is -3.34.